The molecular formula is C20H23N5O5. The Kier molecular flexibility index (Phi) is 5.77. The summed E-state index contributed by atoms with van der Waals surface area (Å²) in [6, 6.07) is 5.59. The number of aromatic carboxylic acids is 1. The Bertz CT molecular complexity index is 1120. The summed E-state index contributed by atoms with van der Waals surface area (Å²) in [5.74, 6) is -0.536. The maximum Gasteiger partial charge on any atom is 0.354 e. The van der Waals surface area contributed by atoms with E-state index < -0.39 is 11.9 Å². The first-order valence-electron chi connectivity index (χ1n) is 9.08. The highest BCUT2D eigenvalue weighted by atomic mass is 16.5. The zero-order valence-electron chi connectivity index (χ0n) is 17.4. The van der Waals surface area contributed by atoms with Crippen LogP contribution in [0.5, 0.6) is 11.5 Å². The van der Waals surface area contributed by atoms with E-state index in [4.69, 9.17) is 9.47 Å². The Balaban J connectivity index is 1.86. The Labute approximate surface area is 173 Å². The van der Waals surface area contributed by atoms with Gasteiger partial charge in [-0.15, -0.1) is 0 Å². The molecule has 158 valence electrons. The normalized spacial score (nSPS) is 10.7. The number of hydrogen-bond acceptors (Lipinski definition) is 6. The zero-order chi connectivity index (χ0) is 22.0. The van der Waals surface area contributed by atoms with E-state index in [1.165, 1.54) is 13.2 Å². The lowest BCUT2D eigenvalue weighted by Crippen LogP contribution is -2.18. The van der Waals surface area contributed by atoms with Gasteiger partial charge in [-0.25, -0.2) is 4.79 Å². The predicted octanol–water partition coefficient (Wildman–Crippen LogP) is 2.25. The molecule has 0 spiro atoms. The first-order valence-corrected chi connectivity index (χ1v) is 9.08. The summed E-state index contributed by atoms with van der Waals surface area (Å²) >= 11 is 0. The van der Waals surface area contributed by atoms with Crippen LogP contribution in [0, 0.1) is 13.8 Å². The maximum atomic E-state index is 12.7. The summed E-state index contributed by atoms with van der Waals surface area (Å²) in [6.07, 6.45) is 1.23. The van der Waals surface area contributed by atoms with E-state index in [0.29, 0.717) is 29.4 Å². The number of ether oxygens (including phenoxy) is 2. The number of nitrogens with one attached hydrogen (secondary N) is 1. The molecule has 2 N–H and O–H groups in total. The van der Waals surface area contributed by atoms with Crippen molar-refractivity contribution in [3.8, 4) is 11.5 Å². The van der Waals surface area contributed by atoms with Crippen molar-refractivity contribution in [1.29, 1.82) is 0 Å². The molecule has 0 radical (unpaired) electrons. The topological polar surface area (TPSA) is 120 Å². The third-order valence-electron chi connectivity index (χ3n) is 4.79. The monoisotopic (exact) mass is 413 g/mol. The van der Waals surface area contributed by atoms with Crippen LogP contribution in [-0.4, -0.2) is 50.8 Å². The average Bonchev–Trinajstić information content (AvgIpc) is 3.23. The van der Waals surface area contributed by atoms with Gasteiger partial charge >= 0.3 is 5.97 Å². The Morgan fingerprint density at radius 1 is 1.17 bits per heavy atom. The summed E-state index contributed by atoms with van der Waals surface area (Å²) in [6.45, 7) is 4.06. The molecule has 10 nitrogen and oxygen atoms in total. The minimum Gasteiger partial charge on any atom is -0.493 e. The second kappa shape index (κ2) is 8.27. The number of aryl methyl sites for hydroxylation is 2. The summed E-state index contributed by atoms with van der Waals surface area (Å²) in [5.41, 5.74) is 2.62. The number of carbonyl (C=O) groups is 2. The van der Waals surface area contributed by atoms with Crippen LogP contribution in [0.15, 0.2) is 24.4 Å². The second-order valence-corrected chi connectivity index (χ2v) is 6.68. The van der Waals surface area contributed by atoms with Crippen LogP contribution in [0.2, 0.25) is 0 Å². The van der Waals surface area contributed by atoms with Crippen molar-refractivity contribution in [1.82, 2.24) is 19.6 Å². The van der Waals surface area contributed by atoms with Gasteiger partial charge in [-0.05, 0) is 31.5 Å². The standard InChI is InChI=1S/C20H23N5O5/c1-11-17(22-19(26)14-9-21-24(3)18(14)20(27)28)12(2)25(23-11)10-13-6-7-15(29-4)16(8-13)30-5/h6-9H,10H2,1-5H3,(H,22,26)(H,27,28). The number of nitrogens with zero attached hydrogens (tertiary/aromatic N) is 4. The number of anilines is 1. The van der Waals surface area contributed by atoms with Gasteiger partial charge in [0.2, 0.25) is 0 Å². The lowest BCUT2D eigenvalue weighted by atomic mass is 10.2. The van der Waals surface area contributed by atoms with Gasteiger partial charge in [0.15, 0.2) is 17.2 Å². The summed E-state index contributed by atoms with van der Waals surface area (Å²) in [7, 11) is 4.62. The summed E-state index contributed by atoms with van der Waals surface area (Å²) in [5, 5.41) is 20.5. The number of benzene rings is 1. The van der Waals surface area contributed by atoms with E-state index in [1.54, 1.807) is 25.8 Å². The smallest absolute Gasteiger partial charge is 0.354 e. The molecule has 0 bridgehead atoms. The van der Waals surface area contributed by atoms with E-state index in [1.807, 2.05) is 25.1 Å². The number of aromatic nitrogens is 4. The quantitative estimate of drug-likeness (QED) is 0.609. The molecule has 0 saturated carbocycles. The highest BCUT2D eigenvalue weighted by Crippen LogP contribution is 2.29. The van der Waals surface area contributed by atoms with Crippen LogP contribution in [0.25, 0.3) is 0 Å². The molecule has 0 aliphatic heterocycles. The van der Waals surface area contributed by atoms with E-state index in [2.05, 4.69) is 15.5 Å². The lowest BCUT2D eigenvalue weighted by Gasteiger charge is -2.11. The number of amides is 1. The molecule has 3 rings (SSSR count). The van der Waals surface area contributed by atoms with Crippen molar-refractivity contribution in [3.63, 3.8) is 0 Å². The van der Waals surface area contributed by atoms with Crippen LogP contribution in [0.3, 0.4) is 0 Å². The number of methoxy groups -OCH3 is 2. The van der Waals surface area contributed by atoms with Crippen LogP contribution in [0.1, 0.15) is 37.8 Å². The summed E-state index contributed by atoms with van der Waals surface area (Å²) in [4.78, 5) is 24.1. The van der Waals surface area contributed by atoms with Gasteiger partial charge in [-0.3, -0.25) is 14.2 Å². The van der Waals surface area contributed by atoms with Gasteiger partial charge in [0, 0.05) is 7.05 Å². The first-order chi connectivity index (χ1) is 14.3. The molecule has 0 fully saturated rings. The maximum absolute atomic E-state index is 12.7. The number of rotatable bonds is 7. The van der Waals surface area contributed by atoms with Crippen molar-refractivity contribution in [2.75, 3.05) is 19.5 Å². The molecule has 0 unspecified atom stereocenters. The lowest BCUT2D eigenvalue weighted by molar-refractivity contribution is 0.0680. The van der Waals surface area contributed by atoms with Gasteiger partial charge in [0.05, 0.1) is 49.6 Å². The van der Waals surface area contributed by atoms with Crippen molar-refractivity contribution in [2.24, 2.45) is 7.05 Å². The first kappa shape index (κ1) is 20.9. The molecule has 0 aliphatic carbocycles. The molecule has 10 heteroatoms. The van der Waals surface area contributed by atoms with Gasteiger partial charge < -0.3 is 19.9 Å². The fourth-order valence-corrected chi connectivity index (χ4v) is 3.22. The van der Waals surface area contributed by atoms with Gasteiger partial charge in [0.25, 0.3) is 5.91 Å². The predicted molar refractivity (Wildman–Crippen MR) is 108 cm³/mol. The molecule has 0 aliphatic rings. The molecule has 3 aromatic rings. The number of carbonyl (C=O) groups excluding carboxylic acids is 1. The summed E-state index contributed by atoms with van der Waals surface area (Å²) < 4.78 is 13.5. The van der Waals surface area contributed by atoms with E-state index >= 15 is 0 Å². The fourth-order valence-electron chi connectivity index (χ4n) is 3.22. The second-order valence-electron chi connectivity index (χ2n) is 6.68. The van der Waals surface area contributed by atoms with Gasteiger partial charge in [-0.2, -0.15) is 10.2 Å². The number of carboxylic acids is 1. The number of hydrogen-bond donors (Lipinski definition) is 2. The van der Waals surface area contributed by atoms with Crippen LogP contribution >= 0.6 is 0 Å². The Hall–Kier alpha value is -3.82. The highest BCUT2D eigenvalue weighted by molar-refractivity contribution is 6.10. The molecule has 2 heterocycles. The third-order valence-corrected chi connectivity index (χ3v) is 4.79. The molecule has 0 atom stereocenters. The number of carboxylic acid groups (broad SMARTS) is 1. The van der Waals surface area contributed by atoms with E-state index in [9.17, 15) is 14.7 Å². The average molecular weight is 413 g/mol. The molecule has 30 heavy (non-hydrogen) atoms. The molecular weight excluding hydrogens is 390 g/mol. The minimum atomic E-state index is -1.22. The highest BCUT2D eigenvalue weighted by Gasteiger charge is 2.23. The Morgan fingerprint density at radius 2 is 1.87 bits per heavy atom. The van der Waals surface area contributed by atoms with Crippen molar-refractivity contribution in [2.45, 2.75) is 20.4 Å². The Morgan fingerprint density at radius 3 is 2.50 bits per heavy atom. The third kappa shape index (κ3) is 3.84. The SMILES string of the molecule is COc1ccc(Cn2nc(C)c(NC(=O)c3cnn(C)c3C(=O)O)c2C)cc1OC. The van der Waals surface area contributed by atoms with Crippen LogP contribution < -0.4 is 14.8 Å². The molecule has 2 aromatic heterocycles. The van der Waals surface area contributed by atoms with Crippen LogP contribution in [-0.2, 0) is 13.6 Å². The molecule has 0 saturated heterocycles. The molecule has 1 aromatic carbocycles. The fraction of sp³-hybridized carbons (Fsp3) is 0.300. The van der Waals surface area contributed by atoms with E-state index in [-0.39, 0.29) is 11.3 Å². The van der Waals surface area contributed by atoms with Crippen LogP contribution in [0.4, 0.5) is 5.69 Å². The molecule has 1 amide bonds. The largest absolute Gasteiger partial charge is 0.493 e. The minimum absolute atomic E-state index is 0.0172. The van der Waals surface area contributed by atoms with Gasteiger partial charge in [-0.1, -0.05) is 6.07 Å². The van der Waals surface area contributed by atoms with Crippen molar-refractivity contribution in [3.05, 3.63) is 52.6 Å². The zero-order valence-corrected chi connectivity index (χ0v) is 17.4. The van der Waals surface area contributed by atoms with Gasteiger partial charge in [0.1, 0.15) is 0 Å². The van der Waals surface area contributed by atoms with E-state index in [0.717, 1.165) is 15.9 Å². The van der Waals surface area contributed by atoms with Crippen molar-refractivity contribution < 1.29 is 24.2 Å². The van der Waals surface area contributed by atoms with Crippen molar-refractivity contribution >= 4 is 17.6 Å².